The molecule has 0 spiro atoms. The molecule has 2 aromatic rings. The van der Waals surface area contributed by atoms with Crippen LogP contribution in [-0.2, 0) is 4.79 Å². The number of hydrogen-bond acceptors (Lipinski definition) is 4. The van der Waals surface area contributed by atoms with Crippen LogP contribution in [0.2, 0.25) is 5.02 Å². The number of anilines is 1. The average molecular weight is 335 g/mol. The number of carbonyl (C=O) groups excluding carboxylic acids is 2. The highest BCUT2D eigenvalue weighted by Crippen LogP contribution is 2.28. The Labute approximate surface area is 138 Å². The van der Waals surface area contributed by atoms with E-state index in [1.54, 1.807) is 42.5 Å². The third-order valence-electron chi connectivity index (χ3n) is 2.91. The highest BCUT2D eigenvalue weighted by molar-refractivity contribution is 6.32. The molecule has 2 aromatic carbocycles. The van der Waals surface area contributed by atoms with E-state index in [-0.39, 0.29) is 17.9 Å². The molecule has 6 nitrogen and oxygen atoms in total. The molecule has 0 aliphatic heterocycles. The molecular weight excluding hydrogens is 320 g/mol. The molecule has 0 radical (unpaired) electrons. The second kappa shape index (κ2) is 7.51. The number of benzene rings is 2. The van der Waals surface area contributed by atoms with Crippen molar-refractivity contribution in [1.29, 1.82) is 0 Å². The lowest BCUT2D eigenvalue weighted by Gasteiger charge is -2.11. The number of para-hydroxylation sites is 1. The predicted octanol–water partition coefficient (Wildman–Crippen LogP) is 2.46. The summed E-state index contributed by atoms with van der Waals surface area (Å²) in [5, 5.41) is 3.08. The fraction of sp³-hybridized carbons (Fsp3) is 0.125. The number of rotatable bonds is 6. The molecule has 0 atom stereocenters. The number of nitrogens with two attached hydrogens (primary N) is 1. The molecule has 120 valence electrons. The van der Waals surface area contributed by atoms with E-state index >= 15 is 0 Å². The fourth-order valence-corrected chi connectivity index (χ4v) is 2.13. The summed E-state index contributed by atoms with van der Waals surface area (Å²) in [7, 11) is 1.51. The molecule has 0 aromatic heterocycles. The number of primary amides is 1. The van der Waals surface area contributed by atoms with E-state index in [4.69, 9.17) is 26.8 Å². The van der Waals surface area contributed by atoms with Crippen molar-refractivity contribution in [1.82, 2.24) is 0 Å². The Kier molecular flexibility index (Phi) is 5.43. The van der Waals surface area contributed by atoms with Crippen molar-refractivity contribution in [3.05, 3.63) is 53.1 Å². The lowest BCUT2D eigenvalue weighted by atomic mass is 10.2. The Morgan fingerprint density at radius 3 is 2.57 bits per heavy atom. The predicted molar refractivity (Wildman–Crippen MR) is 87.1 cm³/mol. The van der Waals surface area contributed by atoms with Gasteiger partial charge in [-0.2, -0.15) is 0 Å². The summed E-state index contributed by atoms with van der Waals surface area (Å²) >= 11 is 6.02. The number of hydrogen-bond donors (Lipinski definition) is 2. The van der Waals surface area contributed by atoms with Gasteiger partial charge in [0.2, 0.25) is 0 Å². The summed E-state index contributed by atoms with van der Waals surface area (Å²) in [6.45, 7) is -0.307. The minimum Gasteiger partial charge on any atom is -0.495 e. The van der Waals surface area contributed by atoms with Crippen molar-refractivity contribution in [2.24, 2.45) is 5.73 Å². The summed E-state index contributed by atoms with van der Waals surface area (Å²) in [5.74, 6) is -0.244. The molecule has 0 fully saturated rings. The normalized spacial score (nSPS) is 10.0. The Balaban J connectivity index is 2.17. The van der Waals surface area contributed by atoms with E-state index in [0.29, 0.717) is 16.5 Å². The van der Waals surface area contributed by atoms with Crippen LogP contribution in [0, 0.1) is 0 Å². The van der Waals surface area contributed by atoms with E-state index < -0.39 is 11.8 Å². The SMILES string of the molecule is COc1ccc(NC(=O)c2ccccc2OCC(N)=O)cc1Cl. The summed E-state index contributed by atoms with van der Waals surface area (Å²) in [6.07, 6.45) is 0. The highest BCUT2D eigenvalue weighted by Gasteiger charge is 2.13. The first kappa shape index (κ1) is 16.6. The molecule has 3 N–H and O–H groups in total. The smallest absolute Gasteiger partial charge is 0.259 e. The zero-order valence-corrected chi connectivity index (χ0v) is 13.1. The van der Waals surface area contributed by atoms with Crippen LogP contribution < -0.4 is 20.5 Å². The van der Waals surface area contributed by atoms with Gasteiger partial charge in [-0.25, -0.2) is 0 Å². The maximum Gasteiger partial charge on any atom is 0.259 e. The van der Waals surface area contributed by atoms with Crippen LogP contribution in [0.25, 0.3) is 0 Å². The molecule has 0 unspecified atom stereocenters. The maximum atomic E-state index is 12.4. The summed E-state index contributed by atoms with van der Waals surface area (Å²) < 4.78 is 10.3. The zero-order valence-electron chi connectivity index (χ0n) is 12.3. The van der Waals surface area contributed by atoms with Crippen LogP contribution in [0.3, 0.4) is 0 Å². The van der Waals surface area contributed by atoms with Gasteiger partial charge in [0, 0.05) is 5.69 Å². The van der Waals surface area contributed by atoms with Crippen molar-refractivity contribution in [2.45, 2.75) is 0 Å². The zero-order chi connectivity index (χ0) is 16.8. The van der Waals surface area contributed by atoms with Gasteiger partial charge in [0.05, 0.1) is 17.7 Å². The quantitative estimate of drug-likeness (QED) is 0.849. The molecule has 23 heavy (non-hydrogen) atoms. The van der Waals surface area contributed by atoms with Crippen LogP contribution in [0.5, 0.6) is 11.5 Å². The van der Waals surface area contributed by atoms with Gasteiger partial charge in [0.1, 0.15) is 11.5 Å². The van der Waals surface area contributed by atoms with Crippen molar-refractivity contribution in [3.63, 3.8) is 0 Å². The number of halogens is 1. The molecule has 0 saturated heterocycles. The van der Waals surface area contributed by atoms with Gasteiger partial charge in [0.15, 0.2) is 6.61 Å². The fourth-order valence-electron chi connectivity index (χ4n) is 1.87. The second-order valence-corrected chi connectivity index (χ2v) is 4.96. The van der Waals surface area contributed by atoms with E-state index in [2.05, 4.69) is 5.32 Å². The van der Waals surface area contributed by atoms with E-state index in [1.165, 1.54) is 7.11 Å². The molecule has 0 aliphatic carbocycles. The van der Waals surface area contributed by atoms with Crippen molar-refractivity contribution >= 4 is 29.1 Å². The summed E-state index contributed by atoms with van der Waals surface area (Å²) in [5.41, 5.74) is 5.83. The minimum absolute atomic E-state index is 0.267. The van der Waals surface area contributed by atoms with E-state index in [1.807, 2.05) is 0 Å². The Hall–Kier alpha value is -2.73. The minimum atomic E-state index is -0.623. The van der Waals surface area contributed by atoms with Gasteiger partial charge in [0.25, 0.3) is 11.8 Å². The molecule has 2 amide bonds. The monoisotopic (exact) mass is 334 g/mol. The van der Waals surface area contributed by atoms with Crippen molar-refractivity contribution in [3.8, 4) is 11.5 Å². The molecule has 0 heterocycles. The number of methoxy groups -OCH3 is 1. The Morgan fingerprint density at radius 2 is 1.91 bits per heavy atom. The average Bonchev–Trinajstić information content (AvgIpc) is 2.53. The standard InChI is InChI=1S/C16H15ClN2O4/c1-22-14-7-6-10(8-12(14)17)19-16(21)11-4-2-3-5-13(11)23-9-15(18)20/h2-8H,9H2,1H3,(H2,18,20)(H,19,21). The van der Waals surface area contributed by atoms with Crippen LogP contribution in [0.4, 0.5) is 5.69 Å². The number of carbonyl (C=O) groups is 2. The molecule has 7 heteroatoms. The van der Waals surface area contributed by atoms with Crippen LogP contribution in [0.1, 0.15) is 10.4 Å². The summed E-state index contributed by atoms with van der Waals surface area (Å²) in [6, 6.07) is 11.4. The van der Waals surface area contributed by atoms with Gasteiger partial charge >= 0.3 is 0 Å². The third-order valence-corrected chi connectivity index (χ3v) is 3.21. The Morgan fingerprint density at radius 1 is 1.17 bits per heavy atom. The largest absolute Gasteiger partial charge is 0.495 e. The van der Waals surface area contributed by atoms with Crippen LogP contribution >= 0.6 is 11.6 Å². The maximum absolute atomic E-state index is 12.4. The van der Waals surface area contributed by atoms with E-state index in [9.17, 15) is 9.59 Å². The molecule has 2 rings (SSSR count). The lowest BCUT2D eigenvalue weighted by Crippen LogP contribution is -2.21. The van der Waals surface area contributed by atoms with E-state index in [0.717, 1.165) is 0 Å². The van der Waals surface area contributed by atoms with Crippen molar-refractivity contribution < 1.29 is 19.1 Å². The first-order valence-corrected chi connectivity index (χ1v) is 7.04. The molecule has 0 saturated carbocycles. The summed E-state index contributed by atoms with van der Waals surface area (Å²) in [4.78, 5) is 23.2. The molecule has 0 bridgehead atoms. The van der Waals surface area contributed by atoms with Crippen molar-refractivity contribution in [2.75, 3.05) is 19.0 Å². The van der Waals surface area contributed by atoms with Crippen LogP contribution in [-0.4, -0.2) is 25.5 Å². The first-order chi connectivity index (χ1) is 11.0. The van der Waals surface area contributed by atoms with Gasteiger partial charge in [-0.05, 0) is 30.3 Å². The Bertz CT molecular complexity index is 734. The van der Waals surface area contributed by atoms with Crippen LogP contribution in [0.15, 0.2) is 42.5 Å². The first-order valence-electron chi connectivity index (χ1n) is 6.66. The number of ether oxygens (including phenoxy) is 2. The van der Waals surface area contributed by atoms with Gasteiger partial charge < -0.3 is 20.5 Å². The van der Waals surface area contributed by atoms with Gasteiger partial charge in [-0.1, -0.05) is 23.7 Å². The topological polar surface area (TPSA) is 90.7 Å². The number of nitrogens with one attached hydrogen (secondary N) is 1. The van der Waals surface area contributed by atoms with Gasteiger partial charge in [-0.15, -0.1) is 0 Å². The highest BCUT2D eigenvalue weighted by atomic mass is 35.5. The lowest BCUT2D eigenvalue weighted by molar-refractivity contribution is -0.119. The number of amides is 2. The third kappa shape index (κ3) is 4.37. The van der Waals surface area contributed by atoms with Gasteiger partial charge in [-0.3, -0.25) is 9.59 Å². The molecular formula is C16H15ClN2O4. The molecule has 0 aliphatic rings. The second-order valence-electron chi connectivity index (χ2n) is 4.55.